The van der Waals surface area contributed by atoms with Crippen LogP contribution in [0.2, 0.25) is 0 Å². The van der Waals surface area contributed by atoms with E-state index in [0.29, 0.717) is 5.69 Å². The van der Waals surface area contributed by atoms with Gasteiger partial charge < -0.3 is 10.4 Å². The Morgan fingerprint density at radius 1 is 1.00 bits per heavy atom. The van der Waals surface area contributed by atoms with Crippen molar-refractivity contribution in [3.05, 3.63) is 72.0 Å². The van der Waals surface area contributed by atoms with Crippen molar-refractivity contribution in [3.63, 3.8) is 0 Å². The summed E-state index contributed by atoms with van der Waals surface area (Å²) in [5.74, 6) is -1.38. The number of nitrogens with one attached hydrogen (secondary N) is 1. The van der Waals surface area contributed by atoms with Crippen LogP contribution in [0.4, 0.5) is 10.1 Å². The van der Waals surface area contributed by atoms with Gasteiger partial charge in [-0.1, -0.05) is 36.4 Å². The summed E-state index contributed by atoms with van der Waals surface area (Å²) in [6, 6.07) is 16.4. The molecule has 1 amide bonds. The highest BCUT2D eigenvalue weighted by molar-refractivity contribution is 6.10. The van der Waals surface area contributed by atoms with Crippen LogP contribution in [0.15, 0.2) is 60.7 Å². The average Bonchev–Trinajstić information content (AvgIpc) is 2.50. The van der Waals surface area contributed by atoms with Crippen molar-refractivity contribution in [1.82, 2.24) is 0 Å². The third-order valence-electron chi connectivity index (χ3n) is 3.24. The van der Waals surface area contributed by atoms with Gasteiger partial charge in [0.05, 0.1) is 5.56 Å². The maximum absolute atomic E-state index is 13.2. The predicted molar refractivity (Wildman–Crippen MR) is 80.0 cm³/mol. The van der Waals surface area contributed by atoms with Gasteiger partial charge in [0.1, 0.15) is 11.6 Å². The summed E-state index contributed by atoms with van der Waals surface area (Å²) in [5, 5.41) is 14.2. The number of phenols is 1. The summed E-state index contributed by atoms with van der Waals surface area (Å²) in [6.07, 6.45) is 0. The number of anilines is 1. The Morgan fingerprint density at radius 3 is 2.62 bits per heavy atom. The van der Waals surface area contributed by atoms with E-state index < -0.39 is 11.7 Å². The van der Waals surface area contributed by atoms with Gasteiger partial charge in [0.2, 0.25) is 0 Å². The molecule has 0 aliphatic heterocycles. The van der Waals surface area contributed by atoms with E-state index in [-0.39, 0.29) is 11.3 Å². The molecule has 3 aromatic carbocycles. The molecular formula is C17H12FNO2. The molecule has 0 saturated heterocycles. The van der Waals surface area contributed by atoms with Gasteiger partial charge in [-0.15, -0.1) is 0 Å². The van der Waals surface area contributed by atoms with Crippen LogP contribution in [0, 0.1) is 5.82 Å². The number of amides is 1. The summed E-state index contributed by atoms with van der Waals surface area (Å²) >= 11 is 0. The molecule has 0 saturated carbocycles. The third-order valence-corrected chi connectivity index (χ3v) is 3.24. The highest BCUT2D eigenvalue weighted by Gasteiger charge is 2.13. The van der Waals surface area contributed by atoms with Crippen LogP contribution in [0.5, 0.6) is 5.75 Å². The van der Waals surface area contributed by atoms with Gasteiger partial charge >= 0.3 is 0 Å². The number of benzene rings is 3. The fraction of sp³-hybridized carbons (Fsp3) is 0. The van der Waals surface area contributed by atoms with Crippen molar-refractivity contribution >= 4 is 22.4 Å². The van der Waals surface area contributed by atoms with Gasteiger partial charge in [0.15, 0.2) is 0 Å². The Hall–Kier alpha value is -2.88. The topological polar surface area (TPSA) is 49.3 Å². The van der Waals surface area contributed by atoms with Gasteiger partial charge in [-0.25, -0.2) is 4.39 Å². The van der Waals surface area contributed by atoms with Crippen LogP contribution in [0.25, 0.3) is 10.8 Å². The number of rotatable bonds is 2. The number of hydrogen-bond acceptors (Lipinski definition) is 2. The monoisotopic (exact) mass is 281 g/mol. The van der Waals surface area contributed by atoms with Crippen molar-refractivity contribution in [2.24, 2.45) is 0 Å². The lowest BCUT2D eigenvalue weighted by molar-refractivity contribution is 0.102. The zero-order valence-corrected chi connectivity index (χ0v) is 11.0. The first-order valence-corrected chi connectivity index (χ1v) is 6.43. The molecule has 21 heavy (non-hydrogen) atoms. The Bertz CT molecular complexity index is 825. The molecule has 0 atom stereocenters. The van der Waals surface area contributed by atoms with Crippen LogP contribution < -0.4 is 5.32 Å². The molecule has 0 aliphatic rings. The summed E-state index contributed by atoms with van der Waals surface area (Å²) in [5.41, 5.74) is 0.518. The number of fused-ring (bicyclic) bond motifs is 1. The summed E-state index contributed by atoms with van der Waals surface area (Å²) in [4.78, 5) is 12.2. The first-order chi connectivity index (χ1) is 10.1. The summed E-state index contributed by atoms with van der Waals surface area (Å²) in [6.45, 7) is 0. The fourth-order valence-electron chi connectivity index (χ4n) is 2.21. The van der Waals surface area contributed by atoms with E-state index in [1.165, 1.54) is 0 Å². The van der Waals surface area contributed by atoms with E-state index in [9.17, 15) is 14.3 Å². The molecule has 104 valence electrons. The summed E-state index contributed by atoms with van der Waals surface area (Å²) in [7, 11) is 0. The number of aromatic hydroxyl groups is 1. The third kappa shape index (κ3) is 2.56. The molecule has 0 aromatic heterocycles. The molecule has 2 N–H and O–H groups in total. The Kier molecular flexibility index (Phi) is 3.28. The Labute approximate surface area is 120 Å². The molecule has 0 aliphatic carbocycles. The van der Waals surface area contributed by atoms with Crippen LogP contribution in [0.1, 0.15) is 10.4 Å². The molecule has 0 bridgehead atoms. The van der Waals surface area contributed by atoms with E-state index >= 15 is 0 Å². The van der Waals surface area contributed by atoms with E-state index in [4.69, 9.17) is 0 Å². The molecule has 0 heterocycles. The van der Waals surface area contributed by atoms with Gasteiger partial charge in [-0.2, -0.15) is 0 Å². The molecule has 0 unspecified atom stereocenters. The quantitative estimate of drug-likeness (QED) is 0.747. The van der Waals surface area contributed by atoms with Crippen molar-refractivity contribution in [2.75, 3.05) is 5.32 Å². The number of hydrogen-bond donors (Lipinski definition) is 2. The van der Waals surface area contributed by atoms with E-state index in [1.807, 2.05) is 36.4 Å². The van der Waals surface area contributed by atoms with Gasteiger partial charge in [0.25, 0.3) is 5.91 Å². The minimum Gasteiger partial charge on any atom is -0.507 e. The number of carbonyl (C=O) groups excluding carboxylic acids is 1. The molecule has 0 fully saturated rings. The maximum atomic E-state index is 13.2. The molecular weight excluding hydrogens is 269 g/mol. The zero-order chi connectivity index (χ0) is 14.8. The molecule has 0 spiro atoms. The first kappa shape index (κ1) is 13.1. The second-order valence-corrected chi connectivity index (χ2v) is 4.64. The molecule has 3 nitrogen and oxygen atoms in total. The highest BCUT2D eigenvalue weighted by atomic mass is 19.1. The van der Waals surface area contributed by atoms with Gasteiger partial charge in [-0.05, 0) is 29.7 Å². The summed E-state index contributed by atoms with van der Waals surface area (Å²) < 4.78 is 13.2. The van der Waals surface area contributed by atoms with Crippen molar-refractivity contribution < 1.29 is 14.3 Å². The molecule has 3 aromatic rings. The van der Waals surface area contributed by atoms with Gasteiger partial charge in [-0.3, -0.25) is 4.79 Å². The molecule has 0 radical (unpaired) electrons. The lowest BCUT2D eigenvalue weighted by atomic mass is 10.1. The minimum atomic E-state index is -0.573. The predicted octanol–water partition coefficient (Wildman–Crippen LogP) is 3.94. The van der Waals surface area contributed by atoms with Crippen LogP contribution in [0.3, 0.4) is 0 Å². The number of phenolic OH excluding ortho intramolecular Hbond substituents is 1. The van der Waals surface area contributed by atoms with E-state index in [2.05, 4.69) is 5.32 Å². The lowest BCUT2D eigenvalue weighted by Crippen LogP contribution is -2.12. The Morgan fingerprint density at radius 2 is 1.76 bits per heavy atom. The van der Waals surface area contributed by atoms with Crippen molar-refractivity contribution in [3.8, 4) is 5.75 Å². The lowest BCUT2D eigenvalue weighted by Gasteiger charge is -2.09. The second-order valence-electron chi connectivity index (χ2n) is 4.64. The normalized spacial score (nSPS) is 10.5. The standard InChI is InChI=1S/C17H12FNO2/c18-12-8-9-16(20)14(10-12)17(21)19-15-7-3-5-11-4-1-2-6-13(11)15/h1-10,20H,(H,19,21). The SMILES string of the molecule is O=C(Nc1cccc2ccccc12)c1cc(F)ccc1O. The maximum Gasteiger partial charge on any atom is 0.259 e. The largest absolute Gasteiger partial charge is 0.507 e. The number of halogens is 1. The van der Waals surface area contributed by atoms with E-state index in [0.717, 1.165) is 29.0 Å². The van der Waals surface area contributed by atoms with Crippen LogP contribution >= 0.6 is 0 Å². The van der Waals surface area contributed by atoms with E-state index in [1.54, 1.807) is 6.07 Å². The van der Waals surface area contributed by atoms with Crippen LogP contribution in [-0.2, 0) is 0 Å². The smallest absolute Gasteiger partial charge is 0.259 e. The van der Waals surface area contributed by atoms with Crippen molar-refractivity contribution in [2.45, 2.75) is 0 Å². The fourth-order valence-corrected chi connectivity index (χ4v) is 2.21. The number of carbonyl (C=O) groups is 1. The Balaban J connectivity index is 1.99. The van der Waals surface area contributed by atoms with Gasteiger partial charge in [0, 0.05) is 11.1 Å². The molecule has 4 heteroatoms. The zero-order valence-electron chi connectivity index (χ0n) is 11.0. The highest BCUT2D eigenvalue weighted by Crippen LogP contribution is 2.25. The van der Waals surface area contributed by atoms with Crippen molar-refractivity contribution in [1.29, 1.82) is 0 Å². The molecule has 3 rings (SSSR count). The average molecular weight is 281 g/mol. The second kappa shape index (κ2) is 5.25. The first-order valence-electron chi connectivity index (χ1n) is 6.43. The minimum absolute atomic E-state index is 0.0945. The van der Waals surface area contributed by atoms with Crippen LogP contribution in [-0.4, -0.2) is 11.0 Å².